The summed E-state index contributed by atoms with van der Waals surface area (Å²) in [6.07, 6.45) is 3.60. The van der Waals surface area contributed by atoms with Crippen molar-refractivity contribution in [2.24, 2.45) is 0 Å². The molecule has 15 heavy (non-hydrogen) atoms. The SMILES string of the molecule is CCCC(CC)c1ccc(Cl)c(OC)c1. The maximum atomic E-state index is 6.00. The lowest BCUT2D eigenvalue weighted by Crippen LogP contribution is -1.97. The van der Waals surface area contributed by atoms with Crippen LogP contribution in [0.3, 0.4) is 0 Å². The van der Waals surface area contributed by atoms with Gasteiger partial charge < -0.3 is 4.74 Å². The molecule has 0 amide bonds. The summed E-state index contributed by atoms with van der Waals surface area (Å²) in [5.41, 5.74) is 1.33. The highest BCUT2D eigenvalue weighted by molar-refractivity contribution is 6.32. The van der Waals surface area contributed by atoms with Gasteiger partial charge in [-0.25, -0.2) is 0 Å². The van der Waals surface area contributed by atoms with Gasteiger partial charge in [-0.2, -0.15) is 0 Å². The molecule has 0 heterocycles. The van der Waals surface area contributed by atoms with Gasteiger partial charge in [0.15, 0.2) is 0 Å². The van der Waals surface area contributed by atoms with Crippen molar-refractivity contribution in [1.82, 2.24) is 0 Å². The van der Waals surface area contributed by atoms with Gasteiger partial charge >= 0.3 is 0 Å². The van der Waals surface area contributed by atoms with E-state index in [0.717, 1.165) is 5.75 Å². The number of ether oxygens (including phenoxy) is 1. The van der Waals surface area contributed by atoms with Crippen LogP contribution in [0.15, 0.2) is 18.2 Å². The van der Waals surface area contributed by atoms with E-state index in [4.69, 9.17) is 16.3 Å². The average Bonchev–Trinajstić information content (AvgIpc) is 2.27. The summed E-state index contributed by atoms with van der Waals surface area (Å²) in [6.45, 7) is 4.44. The molecule has 1 nitrogen and oxygen atoms in total. The fourth-order valence-electron chi connectivity index (χ4n) is 1.89. The minimum absolute atomic E-state index is 0.626. The minimum atomic E-state index is 0.626. The van der Waals surface area contributed by atoms with Crippen molar-refractivity contribution in [3.63, 3.8) is 0 Å². The monoisotopic (exact) mass is 226 g/mol. The second-order valence-electron chi connectivity index (χ2n) is 3.79. The smallest absolute Gasteiger partial charge is 0.137 e. The molecule has 0 aliphatic rings. The van der Waals surface area contributed by atoms with Crippen LogP contribution in [-0.2, 0) is 0 Å². The lowest BCUT2D eigenvalue weighted by molar-refractivity contribution is 0.413. The Morgan fingerprint density at radius 3 is 2.60 bits per heavy atom. The molecule has 1 aromatic carbocycles. The minimum Gasteiger partial charge on any atom is -0.495 e. The first kappa shape index (κ1) is 12.4. The summed E-state index contributed by atoms with van der Waals surface area (Å²) in [4.78, 5) is 0. The number of methoxy groups -OCH3 is 1. The Hall–Kier alpha value is -0.690. The molecular weight excluding hydrogens is 208 g/mol. The first-order chi connectivity index (χ1) is 7.22. The van der Waals surface area contributed by atoms with Crippen LogP contribution in [0.5, 0.6) is 5.75 Å². The molecule has 0 aliphatic heterocycles. The van der Waals surface area contributed by atoms with Crippen molar-refractivity contribution < 1.29 is 4.74 Å². The number of halogens is 1. The number of hydrogen-bond donors (Lipinski definition) is 0. The highest BCUT2D eigenvalue weighted by Crippen LogP contribution is 2.31. The number of hydrogen-bond acceptors (Lipinski definition) is 1. The van der Waals surface area contributed by atoms with E-state index in [9.17, 15) is 0 Å². The molecule has 0 bridgehead atoms. The van der Waals surface area contributed by atoms with Crippen molar-refractivity contribution in [2.45, 2.75) is 39.0 Å². The van der Waals surface area contributed by atoms with Crippen molar-refractivity contribution >= 4 is 11.6 Å². The van der Waals surface area contributed by atoms with E-state index in [-0.39, 0.29) is 0 Å². The van der Waals surface area contributed by atoms with Gasteiger partial charge in [-0.1, -0.05) is 37.9 Å². The van der Waals surface area contributed by atoms with E-state index in [1.54, 1.807) is 7.11 Å². The van der Waals surface area contributed by atoms with Gasteiger partial charge in [0.05, 0.1) is 12.1 Å². The molecule has 1 rings (SSSR count). The predicted molar refractivity (Wildman–Crippen MR) is 65.9 cm³/mol. The lowest BCUT2D eigenvalue weighted by Gasteiger charge is -2.15. The molecule has 0 fully saturated rings. The Bertz CT molecular complexity index is 309. The lowest BCUT2D eigenvalue weighted by atomic mass is 9.92. The molecular formula is C13H19ClO. The first-order valence-corrected chi connectivity index (χ1v) is 5.94. The first-order valence-electron chi connectivity index (χ1n) is 5.56. The standard InChI is InChI=1S/C13H19ClO/c1-4-6-10(5-2)11-7-8-12(14)13(9-11)15-3/h7-10H,4-6H2,1-3H3. The molecule has 1 atom stereocenters. The number of benzene rings is 1. The normalized spacial score (nSPS) is 12.5. The molecule has 0 saturated heterocycles. The molecule has 84 valence electrons. The van der Waals surface area contributed by atoms with E-state index in [1.807, 2.05) is 6.07 Å². The van der Waals surface area contributed by atoms with Crippen LogP contribution in [0.2, 0.25) is 5.02 Å². The summed E-state index contributed by atoms with van der Waals surface area (Å²) in [5.74, 6) is 1.41. The van der Waals surface area contributed by atoms with Gasteiger partial charge in [-0.05, 0) is 36.5 Å². The molecule has 0 saturated carbocycles. The Kier molecular flexibility index (Phi) is 4.97. The summed E-state index contributed by atoms with van der Waals surface area (Å²) in [5, 5.41) is 0.688. The highest BCUT2D eigenvalue weighted by atomic mass is 35.5. The van der Waals surface area contributed by atoms with Gasteiger partial charge in [-0.3, -0.25) is 0 Å². The van der Waals surface area contributed by atoms with Crippen LogP contribution < -0.4 is 4.74 Å². The van der Waals surface area contributed by atoms with Crippen molar-refractivity contribution in [3.05, 3.63) is 28.8 Å². The van der Waals surface area contributed by atoms with Gasteiger partial charge in [0, 0.05) is 0 Å². The molecule has 0 N–H and O–H groups in total. The predicted octanol–water partition coefficient (Wildman–Crippen LogP) is 4.64. The number of rotatable bonds is 5. The fraction of sp³-hybridized carbons (Fsp3) is 0.538. The zero-order chi connectivity index (χ0) is 11.3. The Labute approximate surface area is 97.4 Å². The average molecular weight is 227 g/mol. The third kappa shape index (κ3) is 3.13. The van der Waals surface area contributed by atoms with Crippen molar-refractivity contribution in [1.29, 1.82) is 0 Å². The van der Waals surface area contributed by atoms with Crippen LogP contribution in [0.25, 0.3) is 0 Å². The molecule has 0 spiro atoms. The Balaban J connectivity index is 2.92. The quantitative estimate of drug-likeness (QED) is 0.711. The highest BCUT2D eigenvalue weighted by Gasteiger charge is 2.10. The van der Waals surface area contributed by atoms with Crippen molar-refractivity contribution in [3.8, 4) is 5.75 Å². The van der Waals surface area contributed by atoms with E-state index < -0.39 is 0 Å². The van der Waals surface area contributed by atoms with Crippen molar-refractivity contribution in [2.75, 3.05) is 7.11 Å². The molecule has 0 aliphatic carbocycles. The van der Waals surface area contributed by atoms with E-state index in [0.29, 0.717) is 10.9 Å². The zero-order valence-electron chi connectivity index (χ0n) is 9.72. The second-order valence-corrected chi connectivity index (χ2v) is 4.20. The van der Waals surface area contributed by atoms with Gasteiger partial charge in [0.25, 0.3) is 0 Å². The van der Waals surface area contributed by atoms with Crippen LogP contribution in [0.4, 0.5) is 0 Å². The van der Waals surface area contributed by atoms with Crippen LogP contribution in [0.1, 0.15) is 44.6 Å². The topological polar surface area (TPSA) is 9.23 Å². The maximum Gasteiger partial charge on any atom is 0.137 e. The third-order valence-corrected chi connectivity index (χ3v) is 3.09. The van der Waals surface area contributed by atoms with E-state index in [2.05, 4.69) is 26.0 Å². The molecule has 2 heteroatoms. The van der Waals surface area contributed by atoms with E-state index >= 15 is 0 Å². The molecule has 1 aromatic rings. The maximum absolute atomic E-state index is 6.00. The summed E-state index contributed by atoms with van der Waals surface area (Å²) >= 11 is 6.00. The van der Waals surface area contributed by atoms with Crippen LogP contribution >= 0.6 is 11.6 Å². The second kappa shape index (κ2) is 6.02. The van der Waals surface area contributed by atoms with E-state index in [1.165, 1.54) is 24.8 Å². The molecule has 0 radical (unpaired) electrons. The Morgan fingerprint density at radius 2 is 2.07 bits per heavy atom. The Morgan fingerprint density at radius 1 is 1.33 bits per heavy atom. The summed E-state index contributed by atoms with van der Waals surface area (Å²) < 4.78 is 5.23. The molecule has 0 aromatic heterocycles. The van der Waals surface area contributed by atoms with Crippen LogP contribution in [-0.4, -0.2) is 7.11 Å². The van der Waals surface area contributed by atoms with Gasteiger partial charge in [0.1, 0.15) is 5.75 Å². The largest absolute Gasteiger partial charge is 0.495 e. The van der Waals surface area contributed by atoms with Gasteiger partial charge in [0.2, 0.25) is 0 Å². The third-order valence-electron chi connectivity index (χ3n) is 2.78. The summed E-state index contributed by atoms with van der Waals surface area (Å²) in [7, 11) is 1.66. The fourth-order valence-corrected chi connectivity index (χ4v) is 2.08. The van der Waals surface area contributed by atoms with Crippen LogP contribution in [0, 0.1) is 0 Å². The zero-order valence-corrected chi connectivity index (χ0v) is 10.5. The molecule has 1 unspecified atom stereocenters. The van der Waals surface area contributed by atoms with Gasteiger partial charge in [-0.15, -0.1) is 0 Å². The summed E-state index contributed by atoms with van der Waals surface area (Å²) in [6, 6.07) is 6.09.